The Bertz CT molecular complexity index is 507. The second-order valence-electron chi connectivity index (χ2n) is 10.4. The van der Waals surface area contributed by atoms with E-state index in [-0.39, 0.29) is 0 Å². The van der Waals surface area contributed by atoms with Gasteiger partial charge in [-0.3, -0.25) is 0 Å². The van der Waals surface area contributed by atoms with Gasteiger partial charge in [0.1, 0.15) is 0 Å². The summed E-state index contributed by atoms with van der Waals surface area (Å²) >= 11 is 0. The molecule has 1 aromatic carbocycles. The van der Waals surface area contributed by atoms with Crippen LogP contribution in [0.3, 0.4) is 0 Å². The molecule has 0 fully saturated rings. The average Bonchev–Trinajstić information content (AvgIpc) is 2.86. The molecule has 198 valence electrons. The summed E-state index contributed by atoms with van der Waals surface area (Å²) in [7, 11) is 0. The summed E-state index contributed by atoms with van der Waals surface area (Å²) in [6, 6.07) is 10.3. The summed E-state index contributed by atoms with van der Waals surface area (Å²) in [5.74, 6) is 0. The molecule has 2 unspecified atom stereocenters. The molecule has 2 nitrogen and oxygen atoms in total. The van der Waals surface area contributed by atoms with E-state index < -0.39 is 0 Å². The zero-order valence-corrected chi connectivity index (χ0v) is 23.6. The van der Waals surface area contributed by atoms with Crippen molar-refractivity contribution in [1.82, 2.24) is 10.6 Å². The highest BCUT2D eigenvalue weighted by Crippen LogP contribution is 2.30. The Morgan fingerprint density at radius 3 is 1.12 bits per heavy atom. The van der Waals surface area contributed by atoms with Crippen LogP contribution in [0.2, 0.25) is 0 Å². The minimum absolute atomic E-state index is 0.487. The molecule has 0 aliphatic carbocycles. The van der Waals surface area contributed by atoms with Crippen LogP contribution >= 0.6 is 0 Å². The first kappa shape index (κ1) is 31.2. The molecular formula is C32H60N2. The van der Waals surface area contributed by atoms with E-state index in [0.29, 0.717) is 12.1 Å². The highest BCUT2D eigenvalue weighted by Gasteiger charge is 2.19. The molecule has 1 aromatic rings. The van der Waals surface area contributed by atoms with Crippen LogP contribution in [0.4, 0.5) is 0 Å². The monoisotopic (exact) mass is 472 g/mol. The maximum Gasteiger partial charge on any atom is 0.0323 e. The van der Waals surface area contributed by atoms with E-state index in [9.17, 15) is 0 Å². The van der Waals surface area contributed by atoms with Crippen molar-refractivity contribution in [2.24, 2.45) is 0 Å². The predicted octanol–water partition coefficient (Wildman–Crippen LogP) is 10.0. The number of nitrogens with one attached hydrogen (secondary N) is 2. The smallest absolute Gasteiger partial charge is 0.0323 e. The molecule has 0 saturated heterocycles. The molecule has 2 atom stereocenters. The van der Waals surface area contributed by atoms with Crippen LogP contribution in [-0.4, -0.2) is 13.1 Å². The fourth-order valence-corrected chi connectivity index (χ4v) is 5.34. The Morgan fingerprint density at radius 1 is 0.471 bits per heavy atom. The Hall–Kier alpha value is -0.860. The summed E-state index contributed by atoms with van der Waals surface area (Å²) in [5.41, 5.74) is 3.08. The van der Waals surface area contributed by atoms with Gasteiger partial charge in [0.2, 0.25) is 0 Å². The summed E-state index contributed by atoms with van der Waals surface area (Å²) in [5, 5.41) is 7.66. The molecule has 0 aliphatic heterocycles. The summed E-state index contributed by atoms with van der Waals surface area (Å²) in [4.78, 5) is 0. The molecule has 0 heterocycles. The van der Waals surface area contributed by atoms with Crippen LogP contribution in [-0.2, 0) is 0 Å². The Kier molecular flexibility index (Phi) is 20.7. The Balaban J connectivity index is 2.58. The van der Waals surface area contributed by atoms with Gasteiger partial charge in [0, 0.05) is 12.1 Å². The lowest BCUT2D eigenvalue weighted by Gasteiger charge is -2.27. The molecule has 0 radical (unpaired) electrons. The van der Waals surface area contributed by atoms with Gasteiger partial charge in [-0.25, -0.2) is 0 Å². The largest absolute Gasteiger partial charge is 0.310 e. The molecule has 0 spiro atoms. The van der Waals surface area contributed by atoms with Crippen LogP contribution in [0.15, 0.2) is 24.3 Å². The molecule has 0 aliphatic rings. The van der Waals surface area contributed by atoms with Gasteiger partial charge in [-0.1, -0.05) is 155 Å². The van der Waals surface area contributed by atoms with Gasteiger partial charge in [0.05, 0.1) is 0 Å². The lowest BCUT2D eigenvalue weighted by atomic mass is 9.89. The van der Waals surface area contributed by atoms with Crippen LogP contribution in [0.1, 0.15) is 166 Å². The van der Waals surface area contributed by atoms with Gasteiger partial charge < -0.3 is 10.6 Å². The van der Waals surface area contributed by atoms with Gasteiger partial charge in [0.15, 0.2) is 0 Å². The van der Waals surface area contributed by atoms with E-state index in [1.807, 2.05) is 0 Å². The van der Waals surface area contributed by atoms with Gasteiger partial charge in [-0.2, -0.15) is 0 Å². The van der Waals surface area contributed by atoms with Crippen LogP contribution in [0.25, 0.3) is 0 Å². The summed E-state index contributed by atoms with van der Waals surface area (Å²) in [6.45, 7) is 11.2. The van der Waals surface area contributed by atoms with Crippen molar-refractivity contribution >= 4 is 0 Å². The van der Waals surface area contributed by atoms with E-state index in [1.165, 1.54) is 127 Å². The summed E-state index contributed by atoms with van der Waals surface area (Å²) < 4.78 is 0. The molecule has 1 rings (SSSR count). The normalized spacial score (nSPS) is 13.3. The number of hydrogen-bond acceptors (Lipinski definition) is 2. The molecule has 34 heavy (non-hydrogen) atoms. The molecule has 2 N–H and O–H groups in total. The van der Waals surface area contributed by atoms with E-state index in [1.54, 1.807) is 0 Å². The third-order valence-corrected chi connectivity index (χ3v) is 7.34. The van der Waals surface area contributed by atoms with Crippen molar-refractivity contribution < 1.29 is 0 Å². The quantitative estimate of drug-likeness (QED) is 0.146. The number of unbranched alkanes of at least 4 members (excludes halogenated alkanes) is 14. The first-order valence-electron chi connectivity index (χ1n) is 15.3. The maximum absolute atomic E-state index is 3.83. The van der Waals surface area contributed by atoms with E-state index in [4.69, 9.17) is 0 Å². The number of benzene rings is 1. The highest BCUT2D eigenvalue weighted by atomic mass is 14.9. The van der Waals surface area contributed by atoms with E-state index >= 15 is 0 Å². The van der Waals surface area contributed by atoms with Gasteiger partial charge in [0.25, 0.3) is 0 Å². The first-order valence-corrected chi connectivity index (χ1v) is 15.3. The zero-order chi connectivity index (χ0) is 24.7. The number of hydrogen-bond donors (Lipinski definition) is 2. The van der Waals surface area contributed by atoms with Crippen molar-refractivity contribution in [3.05, 3.63) is 35.4 Å². The maximum atomic E-state index is 3.83. The number of rotatable bonds is 24. The molecule has 0 bridgehead atoms. The third-order valence-electron chi connectivity index (χ3n) is 7.34. The van der Waals surface area contributed by atoms with Crippen molar-refractivity contribution in [3.63, 3.8) is 0 Å². The zero-order valence-electron chi connectivity index (χ0n) is 23.6. The van der Waals surface area contributed by atoms with Crippen LogP contribution in [0, 0.1) is 0 Å². The molecular weight excluding hydrogens is 412 g/mol. The van der Waals surface area contributed by atoms with Crippen molar-refractivity contribution in [3.8, 4) is 0 Å². The van der Waals surface area contributed by atoms with Gasteiger partial charge >= 0.3 is 0 Å². The predicted molar refractivity (Wildman–Crippen MR) is 154 cm³/mol. The lowest BCUT2D eigenvalue weighted by Crippen LogP contribution is -2.26. The van der Waals surface area contributed by atoms with E-state index in [0.717, 1.165) is 13.1 Å². The topological polar surface area (TPSA) is 24.1 Å². The molecule has 0 amide bonds. The molecule has 2 heteroatoms. The Labute approximate surface area is 214 Å². The Morgan fingerprint density at radius 2 is 0.794 bits per heavy atom. The second kappa shape index (κ2) is 22.6. The van der Waals surface area contributed by atoms with Gasteiger partial charge in [-0.05, 0) is 37.1 Å². The SMILES string of the molecule is CCCCCCCCCCC(NCC)c1ccccc1C(CCCCCCCCCC)NCC. The first-order chi connectivity index (χ1) is 16.8. The standard InChI is InChI=1S/C32H60N2/c1-5-9-11-13-15-17-19-21-27-31(33-7-3)29-25-23-24-26-30(29)32(34-8-4)28-22-20-18-16-14-12-10-6-2/h23-26,31-34H,5-22,27-28H2,1-4H3. The average molecular weight is 473 g/mol. The minimum Gasteiger partial charge on any atom is -0.310 e. The third kappa shape index (κ3) is 14.5. The fraction of sp³-hybridized carbons (Fsp3) is 0.812. The van der Waals surface area contributed by atoms with E-state index in [2.05, 4.69) is 62.6 Å². The second-order valence-corrected chi connectivity index (χ2v) is 10.4. The fourth-order valence-electron chi connectivity index (χ4n) is 5.34. The van der Waals surface area contributed by atoms with Gasteiger partial charge in [-0.15, -0.1) is 0 Å². The van der Waals surface area contributed by atoms with Crippen LogP contribution in [0.5, 0.6) is 0 Å². The molecule has 0 saturated carbocycles. The van der Waals surface area contributed by atoms with Crippen molar-refractivity contribution in [2.75, 3.05) is 13.1 Å². The summed E-state index contributed by atoms with van der Waals surface area (Å²) in [6.07, 6.45) is 24.8. The van der Waals surface area contributed by atoms with Crippen molar-refractivity contribution in [1.29, 1.82) is 0 Å². The van der Waals surface area contributed by atoms with Crippen LogP contribution < -0.4 is 10.6 Å². The minimum atomic E-state index is 0.487. The highest BCUT2D eigenvalue weighted by molar-refractivity contribution is 5.33. The lowest BCUT2D eigenvalue weighted by molar-refractivity contribution is 0.447. The molecule has 0 aromatic heterocycles. The van der Waals surface area contributed by atoms with Crippen molar-refractivity contribution in [2.45, 2.75) is 155 Å².